The van der Waals surface area contributed by atoms with Crippen molar-refractivity contribution in [2.24, 2.45) is 5.14 Å². The van der Waals surface area contributed by atoms with Crippen molar-refractivity contribution in [3.8, 4) is 0 Å². The van der Waals surface area contributed by atoms with Crippen molar-refractivity contribution in [1.29, 1.82) is 0 Å². The first-order valence-corrected chi connectivity index (χ1v) is 13.3. The normalized spacial score (nSPS) is 11.9. The number of fused-ring (bicyclic) bond motifs is 1. The molecule has 0 aliphatic heterocycles. The van der Waals surface area contributed by atoms with Crippen LogP contribution in [0.2, 0.25) is 0 Å². The average Bonchev–Trinajstić information content (AvgIpc) is 3.15. The molecule has 0 spiro atoms. The Balaban J connectivity index is 1.60. The summed E-state index contributed by atoms with van der Waals surface area (Å²) < 4.78 is 51.6. The Kier molecular flexibility index (Phi) is 5.93. The molecule has 4 aromatic rings. The summed E-state index contributed by atoms with van der Waals surface area (Å²) in [6.07, 6.45) is 0. The topological polar surface area (TPSA) is 148 Å². The molecule has 0 bridgehead atoms. The SMILES string of the molecule is Cc1ccc(S(=O)(=O)Nc2ccccc2C(=O)Nc2nc3ccc(S(N)(=O)=O)cc3s2)cc1. The van der Waals surface area contributed by atoms with Gasteiger partial charge in [0.25, 0.3) is 15.9 Å². The number of nitrogens with one attached hydrogen (secondary N) is 2. The van der Waals surface area contributed by atoms with Crippen molar-refractivity contribution in [3.05, 3.63) is 77.9 Å². The maximum atomic E-state index is 12.9. The maximum absolute atomic E-state index is 12.9. The van der Waals surface area contributed by atoms with Gasteiger partial charge in [0.1, 0.15) is 0 Å². The van der Waals surface area contributed by atoms with Crippen LogP contribution in [-0.2, 0) is 20.0 Å². The van der Waals surface area contributed by atoms with Crippen molar-refractivity contribution < 1.29 is 21.6 Å². The molecule has 170 valence electrons. The van der Waals surface area contributed by atoms with E-state index in [0.29, 0.717) is 10.2 Å². The van der Waals surface area contributed by atoms with Gasteiger partial charge in [-0.1, -0.05) is 41.2 Å². The van der Waals surface area contributed by atoms with Crippen LogP contribution in [0.25, 0.3) is 10.2 Å². The molecule has 0 unspecified atom stereocenters. The molecule has 0 fully saturated rings. The molecule has 1 heterocycles. The average molecular weight is 503 g/mol. The highest BCUT2D eigenvalue weighted by atomic mass is 32.2. The second-order valence-electron chi connectivity index (χ2n) is 7.11. The van der Waals surface area contributed by atoms with Crippen molar-refractivity contribution in [2.75, 3.05) is 10.0 Å². The summed E-state index contributed by atoms with van der Waals surface area (Å²) in [4.78, 5) is 17.2. The molecular formula is C21H18N4O5S3. The lowest BCUT2D eigenvalue weighted by Gasteiger charge is -2.12. The lowest BCUT2D eigenvalue weighted by molar-refractivity contribution is 0.102. The number of nitrogens with zero attached hydrogens (tertiary/aromatic N) is 1. The van der Waals surface area contributed by atoms with Crippen LogP contribution in [0, 0.1) is 6.92 Å². The number of para-hydroxylation sites is 1. The highest BCUT2D eigenvalue weighted by Crippen LogP contribution is 2.29. The zero-order chi connectivity index (χ0) is 23.8. The minimum atomic E-state index is -3.91. The molecule has 3 aromatic carbocycles. The summed E-state index contributed by atoms with van der Waals surface area (Å²) in [5.74, 6) is -0.581. The molecular weight excluding hydrogens is 484 g/mol. The van der Waals surface area contributed by atoms with E-state index in [4.69, 9.17) is 5.14 Å². The van der Waals surface area contributed by atoms with E-state index in [2.05, 4.69) is 15.0 Å². The molecule has 0 aliphatic rings. The number of carbonyl (C=O) groups is 1. The summed E-state index contributed by atoms with van der Waals surface area (Å²) in [6, 6.07) is 16.7. The van der Waals surface area contributed by atoms with E-state index in [1.165, 1.54) is 42.5 Å². The van der Waals surface area contributed by atoms with Crippen LogP contribution < -0.4 is 15.2 Å². The lowest BCUT2D eigenvalue weighted by atomic mass is 10.2. The van der Waals surface area contributed by atoms with Crippen LogP contribution in [-0.4, -0.2) is 27.7 Å². The van der Waals surface area contributed by atoms with Gasteiger partial charge >= 0.3 is 0 Å². The van der Waals surface area contributed by atoms with Crippen LogP contribution >= 0.6 is 11.3 Å². The van der Waals surface area contributed by atoms with Crippen LogP contribution in [0.15, 0.2) is 76.5 Å². The zero-order valence-corrected chi connectivity index (χ0v) is 19.6. The van der Waals surface area contributed by atoms with Gasteiger partial charge in [0.05, 0.1) is 31.3 Å². The number of nitrogens with two attached hydrogens (primary N) is 1. The van der Waals surface area contributed by atoms with Crippen molar-refractivity contribution >= 4 is 58.3 Å². The number of hydrogen-bond acceptors (Lipinski definition) is 7. The highest BCUT2D eigenvalue weighted by molar-refractivity contribution is 7.92. The molecule has 0 saturated heterocycles. The van der Waals surface area contributed by atoms with Gasteiger partial charge in [0.2, 0.25) is 10.0 Å². The standard InChI is InChI=1S/C21H18N4O5S3/c1-13-6-8-14(9-7-13)33(29,30)25-17-5-3-2-4-16(17)20(26)24-21-23-18-11-10-15(32(22,27)28)12-19(18)31-21/h2-12,25H,1H3,(H2,22,27,28)(H,23,24,26). The number of carbonyl (C=O) groups excluding carboxylic acids is 1. The molecule has 4 N–H and O–H groups in total. The van der Waals surface area contributed by atoms with Gasteiger partial charge in [-0.3, -0.25) is 14.8 Å². The second kappa shape index (κ2) is 8.56. The number of aryl methyl sites for hydroxylation is 1. The zero-order valence-electron chi connectivity index (χ0n) is 17.1. The Bertz CT molecular complexity index is 1580. The Morgan fingerprint density at radius 1 is 0.939 bits per heavy atom. The number of primary sulfonamides is 1. The summed E-state index contributed by atoms with van der Waals surface area (Å²) in [5, 5.41) is 8.01. The van der Waals surface area contributed by atoms with Crippen LogP contribution in [0.3, 0.4) is 0 Å². The third-order valence-electron chi connectivity index (χ3n) is 4.66. The summed E-state index contributed by atoms with van der Waals surface area (Å²) in [5.41, 5.74) is 1.60. The Morgan fingerprint density at radius 3 is 2.30 bits per heavy atom. The Hall–Kier alpha value is -3.32. The molecule has 0 atom stereocenters. The van der Waals surface area contributed by atoms with E-state index < -0.39 is 26.0 Å². The lowest BCUT2D eigenvalue weighted by Crippen LogP contribution is -2.18. The van der Waals surface area contributed by atoms with E-state index in [1.807, 2.05) is 6.92 Å². The molecule has 1 aromatic heterocycles. The number of anilines is 2. The fraction of sp³-hybridized carbons (Fsp3) is 0.0476. The van der Waals surface area contributed by atoms with Gasteiger partial charge in [-0.25, -0.2) is 27.0 Å². The fourth-order valence-corrected chi connectivity index (χ4v) is 5.59. The molecule has 0 aliphatic carbocycles. The van der Waals surface area contributed by atoms with Crippen LogP contribution in [0.4, 0.5) is 10.8 Å². The number of sulfonamides is 2. The summed E-state index contributed by atoms with van der Waals surface area (Å²) in [7, 11) is -7.78. The van der Waals surface area contributed by atoms with Gasteiger partial charge in [-0.15, -0.1) is 0 Å². The van der Waals surface area contributed by atoms with Crippen molar-refractivity contribution in [1.82, 2.24) is 4.98 Å². The smallest absolute Gasteiger partial charge is 0.261 e. The van der Waals surface area contributed by atoms with E-state index in [0.717, 1.165) is 16.9 Å². The van der Waals surface area contributed by atoms with E-state index >= 15 is 0 Å². The Labute approximate surface area is 194 Å². The molecule has 4 rings (SSSR count). The molecule has 9 nitrogen and oxygen atoms in total. The first-order valence-electron chi connectivity index (χ1n) is 9.46. The predicted molar refractivity (Wildman–Crippen MR) is 127 cm³/mol. The molecule has 0 radical (unpaired) electrons. The van der Waals surface area contributed by atoms with E-state index in [1.54, 1.807) is 24.3 Å². The third kappa shape index (κ3) is 5.03. The van der Waals surface area contributed by atoms with Crippen LogP contribution in [0.5, 0.6) is 0 Å². The third-order valence-corrected chi connectivity index (χ3v) is 7.88. The first kappa shape index (κ1) is 22.9. The number of amides is 1. The summed E-state index contributed by atoms with van der Waals surface area (Å²) >= 11 is 1.07. The van der Waals surface area contributed by atoms with E-state index in [9.17, 15) is 21.6 Å². The monoisotopic (exact) mass is 502 g/mol. The predicted octanol–water partition coefficient (Wildman–Crippen LogP) is 3.31. The second-order valence-corrected chi connectivity index (χ2v) is 11.4. The Morgan fingerprint density at radius 2 is 1.61 bits per heavy atom. The number of thiazole rings is 1. The number of aromatic nitrogens is 1. The minimum absolute atomic E-state index is 0.0626. The molecule has 0 saturated carbocycles. The molecule has 12 heteroatoms. The van der Waals surface area contributed by atoms with Gasteiger partial charge in [-0.2, -0.15) is 0 Å². The number of benzene rings is 3. The van der Waals surface area contributed by atoms with Crippen molar-refractivity contribution in [3.63, 3.8) is 0 Å². The van der Waals surface area contributed by atoms with Gasteiger partial charge < -0.3 is 0 Å². The largest absolute Gasteiger partial charge is 0.298 e. The highest BCUT2D eigenvalue weighted by Gasteiger charge is 2.20. The quantitative estimate of drug-likeness (QED) is 0.368. The van der Waals surface area contributed by atoms with Crippen LogP contribution in [0.1, 0.15) is 15.9 Å². The molecule has 1 amide bonds. The fourth-order valence-electron chi connectivity index (χ4n) is 2.99. The number of rotatable bonds is 6. The maximum Gasteiger partial charge on any atom is 0.261 e. The van der Waals surface area contributed by atoms with Gasteiger partial charge in [0, 0.05) is 0 Å². The first-order chi connectivity index (χ1) is 15.5. The number of hydrogen-bond donors (Lipinski definition) is 3. The minimum Gasteiger partial charge on any atom is -0.298 e. The summed E-state index contributed by atoms with van der Waals surface area (Å²) in [6.45, 7) is 1.85. The van der Waals surface area contributed by atoms with E-state index in [-0.39, 0.29) is 26.2 Å². The van der Waals surface area contributed by atoms with Gasteiger partial charge in [-0.05, 0) is 49.4 Å². The van der Waals surface area contributed by atoms with Crippen molar-refractivity contribution in [2.45, 2.75) is 16.7 Å². The van der Waals surface area contributed by atoms with Gasteiger partial charge in [0.15, 0.2) is 5.13 Å². The molecule has 33 heavy (non-hydrogen) atoms.